The van der Waals surface area contributed by atoms with E-state index in [-0.39, 0.29) is 0 Å². The summed E-state index contributed by atoms with van der Waals surface area (Å²) in [6.45, 7) is 6.92. The van der Waals surface area contributed by atoms with Gasteiger partial charge in [0, 0.05) is 19.1 Å². The highest BCUT2D eigenvalue weighted by Gasteiger charge is 2.17. The fraction of sp³-hybridized carbons (Fsp3) is 0.800. The minimum Gasteiger partial charge on any atom is -0.407 e. The van der Waals surface area contributed by atoms with E-state index in [2.05, 4.69) is 34.3 Å². The molecule has 5 nitrogen and oxygen atoms in total. The van der Waals surface area contributed by atoms with Crippen LogP contribution in [0.1, 0.15) is 32.6 Å². The first-order chi connectivity index (χ1) is 7.25. The molecule has 0 amide bonds. The lowest BCUT2D eigenvalue weighted by molar-refractivity contribution is 0.450. The molecule has 1 saturated heterocycles. The number of rotatable bonds is 4. The van der Waals surface area contributed by atoms with Crippen LogP contribution in [-0.4, -0.2) is 29.3 Å². The van der Waals surface area contributed by atoms with E-state index in [1.165, 1.54) is 12.8 Å². The molecule has 1 aliphatic heterocycles. The summed E-state index contributed by atoms with van der Waals surface area (Å²) in [7, 11) is 0. The van der Waals surface area contributed by atoms with Crippen LogP contribution in [0.15, 0.2) is 4.42 Å². The third-order valence-electron chi connectivity index (χ3n) is 2.49. The van der Waals surface area contributed by atoms with Gasteiger partial charge in [0.05, 0.1) is 6.54 Å². The molecule has 0 aromatic carbocycles. The summed E-state index contributed by atoms with van der Waals surface area (Å²) in [6.07, 6.45) is 2.45. The van der Waals surface area contributed by atoms with Gasteiger partial charge in [-0.25, -0.2) is 0 Å². The smallest absolute Gasteiger partial charge is 0.318 e. The van der Waals surface area contributed by atoms with Gasteiger partial charge in [-0.2, -0.15) is 0 Å². The monoisotopic (exact) mass is 210 g/mol. The number of aromatic nitrogens is 2. The number of hydrogen-bond donors (Lipinski definition) is 1. The van der Waals surface area contributed by atoms with Gasteiger partial charge >= 0.3 is 6.01 Å². The average Bonchev–Trinajstić information content (AvgIpc) is 2.85. The van der Waals surface area contributed by atoms with Crippen LogP contribution in [0.2, 0.25) is 0 Å². The molecule has 15 heavy (non-hydrogen) atoms. The second kappa shape index (κ2) is 4.61. The van der Waals surface area contributed by atoms with Crippen LogP contribution in [-0.2, 0) is 6.54 Å². The van der Waals surface area contributed by atoms with E-state index in [4.69, 9.17) is 4.42 Å². The quantitative estimate of drug-likeness (QED) is 0.808. The Hall–Kier alpha value is -1.10. The zero-order chi connectivity index (χ0) is 10.7. The molecule has 1 aromatic rings. The summed E-state index contributed by atoms with van der Waals surface area (Å²) in [5, 5.41) is 11.3. The Morgan fingerprint density at radius 1 is 1.33 bits per heavy atom. The highest BCUT2D eigenvalue weighted by atomic mass is 16.4. The van der Waals surface area contributed by atoms with E-state index in [0.717, 1.165) is 13.1 Å². The van der Waals surface area contributed by atoms with Crippen molar-refractivity contribution in [2.75, 3.05) is 18.0 Å². The molecule has 0 bridgehead atoms. The Balaban J connectivity index is 1.91. The van der Waals surface area contributed by atoms with Crippen molar-refractivity contribution < 1.29 is 4.42 Å². The molecule has 1 aromatic heterocycles. The largest absolute Gasteiger partial charge is 0.407 e. The zero-order valence-corrected chi connectivity index (χ0v) is 9.36. The van der Waals surface area contributed by atoms with Crippen LogP contribution in [0, 0.1) is 0 Å². The molecule has 1 fully saturated rings. The SMILES string of the molecule is CC(C)NCc1nnc(N2CCCC2)o1. The molecule has 0 unspecified atom stereocenters. The molecule has 1 N–H and O–H groups in total. The van der Waals surface area contributed by atoms with E-state index in [1.807, 2.05) is 0 Å². The molecule has 2 rings (SSSR count). The number of nitrogens with zero attached hydrogens (tertiary/aromatic N) is 3. The number of nitrogens with one attached hydrogen (secondary N) is 1. The van der Waals surface area contributed by atoms with Crippen molar-refractivity contribution >= 4 is 6.01 Å². The summed E-state index contributed by atoms with van der Waals surface area (Å²) in [5.74, 6) is 0.672. The second-order valence-corrected chi connectivity index (χ2v) is 4.21. The predicted octanol–water partition coefficient (Wildman–Crippen LogP) is 1.17. The highest BCUT2D eigenvalue weighted by Crippen LogP contribution is 2.17. The van der Waals surface area contributed by atoms with Crippen molar-refractivity contribution in [1.29, 1.82) is 0 Å². The van der Waals surface area contributed by atoms with Crippen LogP contribution in [0.3, 0.4) is 0 Å². The van der Waals surface area contributed by atoms with Gasteiger partial charge in [0.2, 0.25) is 5.89 Å². The van der Waals surface area contributed by atoms with Crippen molar-refractivity contribution in [3.05, 3.63) is 5.89 Å². The molecule has 1 aliphatic rings. The van der Waals surface area contributed by atoms with Crippen molar-refractivity contribution in [1.82, 2.24) is 15.5 Å². The summed E-state index contributed by atoms with van der Waals surface area (Å²) in [6, 6.07) is 1.11. The molecule has 0 radical (unpaired) electrons. The van der Waals surface area contributed by atoms with Gasteiger partial charge in [-0.1, -0.05) is 18.9 Å². The Labute approximate surface area is 89.9 Å². The Kier molecular flexibility index (Phi) is 3.20. The lowest BCUT2D eigenvalue weighted by Gasteiger charge is -2.09. The van der Waals surface area contributed by atoms with E-state index in [9.17, 15) is 0 Å². The summed E-state index contributed by atoms with van der Waals surface area (Å²) in [4.78, 5) is 2.14. The first-order valence-corrected chi connectivity index (χ1v) is 5.56. The maximum absolute atomic E-state index is 5.56. The molecule has 0 atom stereocenters. The average molecular weight is 210 g/mol. The van der Waals surface area contributed by atoms with Gasteiger partial charge in [0.25, 0.3) is 0 Å². The van der Waals surface area contributed by atoms with E-state index < -0.39 is 0 Å². The Morgan fingerprint density at radius 3 is 2.73 bits per heavy atom. The summed E-state index contributed by atoms with van der Waals surface area (Å²) >= 11 is 0. The van der Waals surface area contributed by atoms with Gasteiger partial charge < -0.3 is 14.6 Å². The third-order valence-corrected chi connectivity index (χ3v) is 2.49. The van der Waals surface area contributed by atoms with Crippen LogP contribution in [0.4, 0.5) is 6.01 Å². The fourth-order valence-corrected chi connectivity index (χ4v) is 1.64. The van der Waals surface area contributed by atoms with Crippen molar-refractivity contribution in [3.8, 4) is 0 Å². The van der Waals surface area contributed by atoms with Crippen molar-refractivity contribution in [3.63, 3.8) is 0 Å². The summed E-state index contributed by atoms with van der Waals surface area (Å²) < 4.78 is 5.56. The molecule has 0 aliphatic carbocycles. The normalized spacial score (nSPS) is 16.6. The summed E-state index contributed by atoms with van der Waals surface area (Å²) in [5.41, 5.74) is 0. The third kappa shape index (κ3) is 2.68. The molecule has 5 heteroatoms. The molecule has 84 valence electrons. The standard InChI is InChI=1S/C10H18N4O/c1-8(2)11-7-9-12-13-10(15-9)14-5-3-4-6-14/h8,11H,3-7H2,1-2H3. The van der Waals surface area contributed by atoms with Crippen LogP contribution in [0.25, 0.3) is 0 Å². The van der Waals surface area contributed by atoms with Gasteiger partial charge in [-0.15, -0.1) is 5.10 Å². The van der Waals surface area contributed by atoms with Crippen molar-refractivity contribution in [2.45, 2.75) is 39.3 Å². The van der Waals surface area contributed by atoms with E-state index >= 15 is 0 Å². The maximum Gasteiger partial charge on any atom is 0.318 e. The van der Waals surface area contributed by atoms with Gasteiger partial charge in [0.1, 0.15) is 0 Å². The van der Waals surface area contributed by atoms with Gasteiger partial charge in [0.15, 0.2) is 0 Å². The van der Waals surface area contributed by atoms with Crippen molar-refractivity contribution in [2.24, 2.45) is 0 Å². The first kappa shape index (κ1) is 10.4. The molecule has 0 saturated carbocycles. The lowest BCUT2D eigenvalue weighted by Crippen LogP contribution is -2.22. The highest BCUT2D eigenvalue weighted by molar-refractivity contribution is 5.25. The number of anilines is 1. The zero-order valence-electron chi connectivity index (χ0n) is 9.36. The topological polar surface area (TPSA) is 54.2 Å². The minimum absolute atomic E-state index is 0.437. The molecule has 2 heterocycles. The van der Waals surface area contributed by atoms with Crippen LogP contribution >= 0.6 is 0 Å². The number of hydrogen-bond acceptors (Lipinski definition) is 5. The lowest BCUT2D eigenvalue weighted by atomic mass is 10.4. The maximum atomic E-state index is 5.56. The predicted molar refractivity (Wildman–Crippen MR) is 57.7 cm³/mol. The van der Waals surface area contributed by atoms with Crippen LogP contribution < -0.4 is 10.2 Å². The van der Waals surface area contributed by atoms with Crippen LogP contribution in [0.5, 0.6) is 0 Å². The molecule has 0 spiro atoms. The Bertz CT molecular complexity index is 304. The molecular weight excluding hydrogens is 192 g/mol. The fourth-order valence-electron chi connectivity index (χ4n) is 1.64. The van der Waals surface area contributed by atoms with E-state index in [1.54, 1.807) is 0 Å². The van der Waals surface area contributed by atoms with Gasteiger partial charge in [-0.05, 0) is 12.8 Å². The first-order valence-electron chi connectivity index (χ1n) is 5.56. The minimum atomic E-state index is 0.437. The second-order valence-electron chi connectivity index (χ2n) is 4.21. The van der Waals surface area contributed by atoms with Gasteiger partial charge in [-0.3, -0.25) is 0 Å². The molecular formula is C10H18N4O. The Morgan fingerprint density at radius 2 is 2.07 bits per heavy atom. The van der Waals surface area contributed by atoms with E-state index in [0.29, 0.717) is 24.5 Å².